The number of rotatable bonds is 6. The number of piperazine rings is 1. The van der Waals surface area contributed by atoms with Crippen LogP contribution in [0.1, 0.15) is 27.2 Å². The number of nitrogens with zero attached hydrogens (tertiary/aromatic N) is 6. The van der Waals surface area contributed by atoms with Crippen molar-refractivity contribution in [3.8, 4) is 0 Å². The van der Waals surface area contributed by atoms with Crippen molar-refractivity contribution in [1.29, 1.82) is 0 Å². The van der Waals surface area contributed by atoms with E-state index in [1.165, 1.54) is 11.3 Å². The minimum Gasteiger partial charge on any atom is -0.443 e. The molecule has 192 valence electrons. The highest BCUT2D eigenvalue weighted by atomic mass is 79.9. The summed E-state index contributed by atoms with van der Waals surface area (Å²) in [6.07, 6.45) is 6.03. The van der Waals surface area contributed by atoms with Crippen LogP contribution < -0.4 is 9.80 Å². The van der Waals surface area contributed by atoms with E-state index in [1.807, 2.05) is 49.7 Å². The maximum atomic E-state index is 13.4. The first kappa shape index (κ1) is 25.0. The van der Waals surface area contributed by atoms with E-state index in [2.05, 4.69) is 47.8 Å². The fourth-order valence-corrected chi connectivity index (χ4v) is 4.90. The van der Waals surface area contributed by atoms with Crippen LogP contribution in [0, 0.1) is 5.92 Å². The highest BCUT2D eigenvalue weighted by Gasteiger charge is 2.29. The molecule has 2 aromatic heterocycles. The fourth-order valence-electron chi connectivity index (χ4n) is 4.52. The number of anilines is 3. The van der Waals surface area contributed by atoms with Gasteiger partial charge in [0, 0.05) is 56.4 Å². The number of imidazole rings is 1. The first-order valence-corrected chi connectivity index (χ1v) is 13.2. The molecule has 0 atom stereocenters. The molecule has 1 amide bonds. The zero-order valence-electron chi connectivity index (χ0n) is 21.1. The number of hydrogen-bond donors (Lipinski definition) is 0. The number of carbonyl (C=O) groups excluding carboxylic acids is 1. The number of carbonyl (C=O) groups is 1. The number of fused-ring (bicyclic) bond motifs is 1. The van der Waals surface area contributed by atoms with Crippen molar-refractivity contribution in [2.45, 2.75) is 32.8 Å². The van der Waals surface area contributed by atoms with E-state index in [-0.39, 0.29) is 0 Å². The van der Waals surface area contributed by atoms with E-state index in [4.69, 9.17) is 9.47 Å². The van der Waals surface area contributed by atoms with E-state index in [9.17, 15) is 4.79 Å². The summed E-state index contributed by atoms with van der Waals surface area (Å²) in [5.41, 5.74) is 1.73. The molecule has 0 spiro atoms. The summed E-state index contributed by atoms with van der Waals surface area (Å²) in [6.45, 7) is 12.6. The summed E-state index contributed by atoms with van der Waals surface area (Å²) in [5, 5.41) is 0. The molecule has 3 aromatic rings. The summed E-state index contributed by atoms with van der Waals surface area (Å²) >= 11 is 3.46. The van der Waals surface area contributed by atoms with Gasteiger partial charge < -0.3 is 18.8 Å². The van der Waals surface area contributed by atoms with Gasteiger partial charge in [-0.25, -0.2) is 19.7 Å². The Morgan fingerprint density at radius 3 is 2.53 bits per heavy atom. The fraction of sp³-hybridized carbons (Fsp3) is 0.500. The second-order valence-electron chi connectivity index (χ2n) is 10.4. The van der Waals surface area contributed by atoms with Crippen molar-refractivity contribution < 1.29 is 14.3 Å². The van der Waals surface area contributed by atoms with E-state index in [0.717, 1.165) is 57.5 Å². The molecular weight excluding hydrogens is 524 g/mol. The van der Waals surface area contributed by atoms with Gasteiger partial charge >= 0.3 is 6.09 Å². The Balaban J connectivity index is 1.34. The van der Waals surface area contributed by atoms with Gasteiger partial charge in [-0.3, -0.25) is 4.90 Å². The largest absolute Gasteiger partial charge is 0.443 e. The predicted molar refractivity (Wildman–Crippen MR) is 143 cm³/mol. The second kappa shape index (κ2) is 10.4. The first-order valence-electron chi connectivity index (χ1n) is 12.4. The molecule has 4 heterocycles. The molecule has 2 aliphatic heterocycles. The van der Waals surface area contributed by atoms with Crippen molar-refractivity contribution in [2.24, 2.45) is 5.92 Å². The lowest BCUT2D eigenvalue weighted by molar-refractivity contribution is -0.0390. The van der Waals surface area contributed by atoms with Crippen LogP contribution in [0.2, 0.25) is 0 Å². The van der Waals surface area contributed by atoms with Gasteiger partial charge in [0.25, 0.3) is 0 Å². The molecule has 0 saturated carbocycles. The molecule has 2 aliphatic rings. The molecule has 1 aromatic carbocycles. The maximum Gasteiger partial charge on any atom is 0.420 e. The molecule has 0 N–H and O–H groups in total. The van der Waals surface area contributed by atoms with E-state index in [1.54, 1.807) is 6.20 Å². The van der Waals surface area contributed by atoms with Crippen molar-refractivity contribution in [3.05, 3.63) is 47.5 Å². The van der Waals surface area contributed by atoms with Crippen LogP contribution in [0.3, 0.4) is 0 Å². The molecule has 2 saturated heterocycles. The summed E-state index contributed by atoms with van der Waals surface area (Å²) in [4.78, 5) is 28.8. The third-order valence-electron chi connectivity index (χ3n) is 6.52. The zero-order chi connectivity index (χ0) is 25.3. The van der Waals surface area contributed by atoms with Gasteiger partial charge in [-0.2, -0.15) is 0 Å². The van der Waals surface area contributed by atoms with Crippen molar-refractivity contribution in [3.63, 3.8) is 0 Å². The van der Waals surface area contributed by atoms with Crippen LogP contribution in [0.5, 0.6) is 0 Å². The Morgan fingerprint density at radius 2 is 1.89 bits per heavy atom. The Hall–Kier alpha value is -2.69. The molecule has 0 aliphatic carbocycles. The van der Waals surface area contributed by atoms with Gasteiger partial charge in [0.1, 0.15) is 10.2 Å². The van der Waals surface area contributed by atoms with Gasteiger partial charge in [0.05, 0.1) is 18.9 Å². The zero-order valence-corrected chi connectivity index (χ0v) is 22.6. The number of halogens is 1. The summed E-state index contributed by atoms with van der Waals surface area (Å²) in [6, 6.07) is 8.03. The molecule has 36 heavy (non-hydrogen) atoms. The minimum absolute atomic E-state index is 0.404. The quantitative estimate of drug-likeness (QED) is 0.434. The van der Waals surface area contributed by atoms with Crippen LogP contribution in [-0.4, -0.2) is 76.9 Å². The summed E-state index contributed by atoms with van der Waals surface area (Å²) in [7, 11) is 0. The molecule has 0 bridgehead atoms. The third-order valence-corrected chi connectivity index (χ3v) is 6.90. The van der Waals surface area contributed by atoms with Gasteiger partial charge in [-0.15, -0.1) is 0 Å². The van der Waals surface area contributed by atoms with E-state index in [0.29, 0.717) is 21.8 Å². The average Bonchev–Trinajstić information content (AvgIpc) is 3.26. The van der Waals surface area contributed by atoms with Crippen LogP contribution in [-0.2, 0) is 9.47 Å². The predicted octanol–water partition coefficient (Wildman–Crippen LogP) is 4.72. The van der Waals surface area contributed by atoms with Crippen LogP contribution in [0.4, 0.5) is 22.0 Å². The van der Waals surface area contributed by atoms with Crippen molar-refractivity contribution in [1.82, 2.24) is 19.3 Å². The molecule has 0 radical (unpaired) electrons. The smallest absolute Gasteiger partial charge is 0.420 e. The number of amides is 1. The first-order chi connectivity index (χ1) is 17.3. The van der Waals surface area contributed by atoms with Gasteiger partial charge in [-0.1, -0.05) is 0 Å². The number of hydrogen-bond acceptors (Lipinski definition) is 7. The highest BCUT2D eigenvalue weighted by Crippen LogP contribution is 2.32. The second-order valence-corrected chi connectivity index (χ2v) is 11.2. The minimum atomic E-state index is -0.654. The Morgan fingerprint density at radius 1 is 1.17 bits per heavy atom. The Kier molecular flexibility index (Phi) is 7.18. The average molecular weight is 557 g/mol. The van der Waals surface area contributed by atoms with Crippen molar-refractivity contribution >= 4 is 44.9 Å². The molecule has 2 fully saturated rings. The normalized spacial score (nSPS) is 17.3. The SMILES string of the molecule is CC(C)(C)OC(=O)N(c1ccc(N2CCN(CCC3COC3)CC2)cc1)c1nc(Br)cn2ccnc12. The maximum absolute atomic E-state index is 13.4. The van der Waals surface area contributed by atoms with E-state index >= 15 is 0 Å². The summed E-state index contributed by atoms with van der Waals surface area (Å²) < 4.78 is 13.5. The Bertz CT molecular complexity index is 1200. The van der Waals surface area contributed by atoms with Gasteiger partial charge in [0.2, 0.25) is 0 Å². The lowest BCUT2D eigenvalue weighted by Gasteiger charge is -2.37. The lowest BCUT2D eigenvalue weighted by atomic mass is 10.0. The van der Waals surface area contributed by atoms with Crippen LogP contribution in [0.15, 0.2) is 47.5 Å². The standard InChI is InChI=1S/C26H33BrN6O3/c1-26(2,3)36-25(34)33(24-23-28-9-11-32(23)16-22(27)29-24)21-6-4-20(5-7-21)31-14-12-30(13-15-31)10-8-19-17-35-18-19/h4-7,9,11,16,19H,8,10,12-15,17-18H2,1-3H3. The monoisotopic (exact) mass is 556 g/mol. The molecular formula is C26H33BrN6O3. The van der Waals surface area contributed by atoms with Crippen LogP contribution >= 0.6 is 15.9 Å². The topological polar surface area (TPSA) is 75.4 Å². The van der Waals surface area contributed by atoms with Gasteiger partial charge in [-0.05, 0) is 73.9 Å². The van der Waals surface area contributed by atoms with E-state index < -0.39 is 11.7 Å². The molecule has 5 rings (SSSR count). The summed E-state index contributed by atoms with van der Waals surface area (Å²) in [5.74, 6) is 1.15. The molecule has 9 nitrogen and oxygen atoms in total. The lowest BCUT2D eigenvalue weighted by Crippen LogP contribution is -2.47. The number of ether oxygens (including phenoxy) is 2. The Labute approximate surface area is 220 Å². The van der Waals surface area contributed by atoms with Gasteiger partial charge in [0.15, 0.2) is 11.5 Å². The van der Waals surface area contributed by atoms with Crippen molar-refractivity contribution in [2.75, 3.05) is 55.7 Å². The third kappa shape index (κ3) is 5.66. The molecule has 10 heteroatoms. The molecule has 0 unspecified atom stereocenters. The number of benzene rings is 1. The van der Waals surface area contributed by atoms with Crippen LogP contribution in [0.25, 0.3) is 5.65 Å². The number of aromatic nitrogens is 3. The highest BCUT2D eigenvalue weighted by molar-refractivity contribution is 9.10.